The van der Waals surface area contributed by atoms with Crippen LogP contribution in [-0.4, -0.2) is 66.5 Å². The molecule has 1 aromatic heterocycles. The van der Waals surface area contributed by atoms with Gasteiger partial charge in [-0.1, -0.05) is 12.1 Å². The number of anilines is 1. The second kappa shape index (κ2) is 9.40. The van der Waals surface area contributed by atoms with Gasteiger partial charge in [-0.05, 0) is 24.3 Å². The van der Waals surface area contributed by atoms with Crippen LogP contribution in [0.1, 0.15) is 50.3 Å². The Labute approximate surface area is 216 Å². The Morgan fingerprint density at radius 1 is 1.16 bits per heavy atom. The molecule has 0 saturated carbocycles. The van der Waals surface area contributed by atoms with Crippen LogP contribution in [0.5, 0.6) is 11.5 Å². The molecule has 3 amide bonds. The van der Waals surface area contributed by atoms with Crippen LogP contribution in [0.3, 0.4) is 0 Å². The summed E-state index contributed by atoms with van der Waals surface area (Å²) in [5, 5.41) is 15.6. The SMILES string of the molecule is CNC(=O)Nc1sc2c(OC)cccc2c1C(=O)N1CCC2(CC1)CC(=O)c1cc(C(=O)O)ccc1O2. The number of likely N-dealkylation sites (tertiary alicyclic amines) is 1. The number of benzene rings is 2. The Morgan fingerprint density at radius 2 is 1.92 bits per heavy atom. The lowest BCUT2D eigenvalue weighted by Crippen LogP contribution is -2.52. The van der Waals surface area contributed by atoms with Gasteiger partial charge in [0.15, 0.2) is 5.78 Å². The number of nitrogens with zero attached hydrogens (tertiary/aromatic N) is 1. The minimum atomic E-state index is -1.11. The van der Waals surface area contributed by atoms with Crippen LogP contribution in [-0.2, 0) is 0 Å². The molecule has 3 heterocycles. The molecule has 1 spiro atoms. The van der Waals surface area contributed by atoms with E-state index in [9.17, 15) is 24.3 Å². The average Bonchev–Trinajstić information content (AvgIpc) is 3.26. The number of carbonyl (C=O) groups excluding carboxylic acids is 3. The second-order valence-electron chi connectivity index (χ2n) is 9.04. The monoisotopic (exact) mass is 523 g/mol. The van der Waals surface area contributed by atoms with E-state index in [1.54, 1.807) is 24.1 Å². The van der Waals surface area contributed by atoms with Crippen molar-refractivity contribution < 1.29 is 33.8 Å². The number of hydrogen-bond acceptors (Lipinski definition) is 7. The molecular formula is C26H25N3O7S. The van der Waals surface area contributed by atoms with E-state index in [0.29, 0.717) is 53.4 Å². The molecule has 37 heavy (non-hydrogen) atoms. The van der Waals surface area contributed by atoms with Gasteiger partial charge in [0.2, 0.25) is 0 Å². The predicted molar refractivity (Wildman–Crippen MR) is 137 cm³/mol. The molecule has 1 saturated heterocycles. The number of aromatic carboxylic acids is 1. The predicted octanol–water partition coefficient (Wildman–Crippen LogP) is 4.00. The normalized spacial score (nSPS) is 16.2. The van der Waals surface area contributed by atoms with Crippen molar-refractivity contribution in [3.8, 4) is 11.5 Å². The van der Waals surface area contributed by atoms with Gasteiger partial charge < -0.3 is 24.8 Å². The number of carboxylic acids is 1. The van der Waals surface area contributed by atoms with Gasteiger partial charge in [-0.2, -0.15) is 0 Å². The maximum absolute atomic E-state index is 13.8. The van der Waals surface area contributed by atoms with Crippen molar-refractivity contribution in [2.45, 2.75) is 24.9 Å². The number of amides is 3. The molecule has 5 rings (SSSR count). The van der Waals surface area contributed by atoms with E-state index in [2.05, 4.69) is 10.6 Å². The number of Topliss-reactive ketones (excluding diaryl/α,β-unsaturated/α-hetero) is 1. The van der Waals surface area contributed by atoms with Crippen LogP contribution in [0.25, 0.3) is 10.1 Å². The number of ether oxygens (including phenoxy) is 2. The summed E-state index contributed by atoms with van der Waals surface area (Å²) >= 11 is 1.27. The summed E-state index contributed by atoms with van der Waals surface area (Å²) in [6.45, 7) is 0.713. The molecule has 2 aromatic carbocycles. The minimum absolute atomic E-state index is 0.0351. The summed E-state index contributed by atoms with van der Waals surface area (Å²) in [4.78, 5) is 51.8. The van der Waals surface area contributed by atoms with Gasteiger partial charge in [0.1, 0.15) is 22.1 Å². The molecule has 192 valence electrons. The first-order valence-corrected chi connectivity index (χ1v) is 12.5. The summed E-state index contributed by atoms with van der Waals surface area (Å²) < 4.78 is 12.5. The zero-order valence-corrected chi connectivity index (χ0v) is 21.1. The average molecular weight is 524 g/mol. The molecule has 10 nitrogen and oxygen atoms in total. The maximum atomic E-state index is 13.8. The highest BCUT2D eigenvalue weighted by Crippen LogP contribution is 2.43. The van der Waals surface area contributed by atoms with Crippen LogP contribution in [0, 0.1) is 0 Å². The molecule has 0 atom stereocenters. The molecule has 2 aliphatic rings. The van der Waals surface area contributed by atoms with Gasteiger partial charge in [-0.3, -0.25) is 14.9 Å². The Kier molecular flexibility index (Phi) is 6.24. The maximum Gasteiger partial charge on any atom is 0.335 e. The fraction of sp³-hybridized carbons (Fsp3) is 0.308. The molecule has 3 N–H and O–H groups in total. The van der Waals surface area contributed by atoms with E-state index in [0.717, 1.165) is 4.70 Å². The highest BCUT2D eigenvalue weighted by Gasteiger charge is 2.44. The van der Waals surface area contributed by atoms with Crippen LogP contribution in [0.4, 0.5) is 9.80 Å². The smallest absolute Gasteiger partial charge is 0.335 e. The molecule has 0 bridgehead atoms. The molecule has 11 heteroatoms. The van der Waals surface area contributed by atoms with Gasteiger partial charge >= 0.3 is 12.0 Å². The fourth-order valence-corrected chi connectivity index (χ4v) is 6.08. The highest BCUT2D eigenvalue weighted by molar-refractivity contribution is 7.23. The number of ketones is 1. The van der Waals surface area contributed by atoms with Crippen molar-refractivity contribution in [1.29, 1.82) is 0 Å². The van der Waals surface area contributed by atoms with E-state index >= 15 is 0 Å². The fourth-order valence-electron chi connectivity index (χ4n) is 4.90. The first-order chi connectivity index (χ1) is 17.7. The number of hydrogen-bond donors (Lipinski definition) is 3. The van der Waals surface area contributed by atoms with Crippen LogP contribution < -0.4 is 20.1 Å². The van der Waals surface area contributed by atoms with E-state index < -0.39 is 17.6 Å². The lowest BCUT2D eigenvalue weighted by atomic mass is 9.82. The summed E-state index contributed by atoms with van der Waals surface area (Å²) in [7, 11) is 3.05. The first kappa shape index (κ1) is 24.6. The van der Waals surface area contributed by atoms with Crippen molar-refractivity contribution in [1.82, 2.24) is 10.2 Å². The second-order valence-corrected chi connectivity index (χ2v) is 10.1. The van der Waals surface area contributed by atoms with Crippen molar-refractivity contribution in [2.24, 2.45) is 0 Å². The van der Waals surface area contributed by atoms with Crippen LogP contribution in [0.2, 0.25) is 0 Å². The van der Waals surface area contributed by atoms with Gasteiger partial charge in [0.25, 0.3) is 5.91 Å². The molecule has 2 aliphatic heterocycles. The number of urea groups is 1. The zero-order valence-electron chi connectivity index (χ0n) is 20.3. The lowest BCUT2D eigenvalue weighted by molar-refractivity contribution is -0.00562. The molecule has 1 fully saturated rings. The number of carboxylic acid groups (broad SMARTS) is 1. The van der Waals surface area contributed by atoms with Gasteiger partial charge in [0, 0.05) is 38.4 Å². The lowest BCUT2D eigenvalue weighted by Gasteiger charge is -2.44. The standard InChI is InChI=1S/C26H25N3O7S/c1-27-25(34)28-22-20(15-4-3-5-19(35-2)21(15)37-22)23(31)29-10-8-26(9-11-29)13-17(30)16-12-14(24(32)33)6-7-18(16)36-26/h3-7,12H,8-11,13H2,1-2H3,(H,32,33)(H2,27,28,34). The van der Waals surface area contributed by atoms with Crippen LogP contribution in [0.15, 0.2) is 36.4 Å². The first-order valence-electron chi connectivity index (χ1n) is 11.7. The quantitative estimate of drug-likeness (QED) is 0.471. The van der Waals surface area contributed by atoms with Crippen molar-refractivity contribution in [3.63, 3.8) is 0 Å². The number of nitrogens with one attached hydrogen (secondary N) is 2. The summed E-state index contributed by atoms with van der Waals surface area (Å²) in [5.74, 6) is -0.523. The van der Waals surface area contributed by atoms with Gasteiger partial charge in [0.05, 0.1) is 34.9 Å². The third-order valence-electron chi connectivity index (χ3n) is 6.87. The van der Waals surface area contributed by atoms with Crippen molar-refractivity contribution in [2.75, 3.05) is 32.6 Å². The third-order valence-corrected chi connectivity index (χ3v) is 8.00. The third kappa shape index (κ3) is 4.35. The molecule has 3 aromatic rings. The van der Waals surface area contributed by atoms with Gasteiger partial charge in [-0.25, -0.2) is 9.59 Å². The Hall–Kier alpha value is -4.12. The topological polar surface area (TPSA) is 134 Å². The number of carbonyl (C=O) groups is 4. The highest BCUT2D eigenvalue weighted by atomic mass is 32.1. The van der Waals surface area contributed by atoms with Crippen LogP contribution >= 0.6 is 11.3 Å². The van der Waals surface area contributed by atoms with E-state index in [4.69, 9.17) is 9.47 Å². The minimum Gasteiger partial charge on any atom is -0.495 e. The Morgan fingerprint density at radius 3 is 2.59 bits per heavy atom. The largest absolute Gasteiger partial charge is 0.495 e. The van der Waals surface area contributed by atoms with Crippen molar-refractivity contribution >= 4 is 50.1 Å². The number of rotatable bonds is 4. The summed E-state index contributed by atoms with van der Waals surface area (Å²) in [6.07, 6.45) is 0.996. The number of methoxy groups -OCH3 is 1. The zero-order chi connectivity index (χ0) is 26.3. The Bertz CT molecular complexity index is 1440. The number of thiophene rings is 1. The van der Waals surface area contributed by atoms with E-state index in [1.807, 2.05) is 6.07 Å². The molecule has 0 radical (unpaired) electrons. The molecular weight excluding hydrogens is 498 g/mol. The molecule has 0 aliphatic carbocycles. The van der Waals surface area contributed by atoms with E-state index in [-0.39, 0.29) is 29.2 Å². The van der Waals surface area contributed by atoms with E-state index in [1.165, 1.54) is 36.6 Å². The molecule has 0 unspecified atom stereocenters. The summed E-state index contributed by atoms with van der Waals surface area (Å²) in [6, 6.07) is 9.29. The summed E-state index contributed by atoms with van der Waals surface area (Å²) in [5.41, 5.74) is -0.0551. The number of fused-ring (bicyclic) bond motifs is 2. The number of piperidine rings is 1. The van der Waals surface area contributed by atoms with Gasteiger partial charge in [-0.15, -0.1) is 11.3 Å². The Balaban J connectivity index is 1.39. The van der Waals surface area contributed by atoms with Crippen molar-refractivity contribution in [3.05, 3.63) is 53.1 Å².